The van der Waals surface area contributed by atoms with Crippen molar-refractivity contribution >= 4 is 27.5 Å². The lowest BCUT2D eigenvalue weighted by Gasteiger charge is -2.21. The van der Waals surface area contributed by atoms with Gasteiger partial charge in [0.25, 0.3) is 0 Å². The molecule has 1 aliphatic heterocycles. The Bertz CT molecular complexity index is 622. The van der Waals surface area contributed by atoms with Crippen LogP contribution in [0.5, 0.6) is 0 Å². The lowest BCUT2D eigenvalue weighted by Crippen LogP contribution is -2.48. The molecule has 1 unspecified atom stereocenters. The van der Waals surface area contributed by atoms with E-state index in [1.165, 1.54) is 0 Å². The Morgan fingerprint density at radius 1 is 1.26 bits per heavy atom. The highest BCUT2D eigenvalue weighted by Gasteiger charge is 2.20. The van der Waals surface area contributed by atoms with Gasteiger partial charge in [0.2, 0.25) is 10.0 Å². The van der Waals surface area contributed by atoms with E-state index in [1.54, 1.807) is 24.3 Å². The van der Waals surface area contributed by atoms with Gasteiger partial charge in [0.15, 0.2) is 0 Å². The van der Waals surface area contributed by atoms with Gasteiger partial charge in [0, 0.05) is 11.3 Å². The van der Waals surface area contributed by atoms with Crippen molar-refractivity contribution in [1.82, 2.24) is 10.7 Å². The largest absolute Gasteiger partial charge is 0.335 e. The van der Waals surface area contributed by atoms with Crippen LogP contribution in [-0.4, -0.2) is 32.5 Å². The van der Waals surface area contributed by atoms with E-state index in [-0.39, 0.29) is 12.1 Å². The number of carbonyl (C=O) groups excluding carboxylic acids is 1. The van der Waals surface area contributed by atoms with Crippen molar-refractivity contribution < 1.29 is 13.2 Å². The Kier molecular flexibility index (Phi) is 3.43. The number of rotatable bonds is 3. The van der Waals surface area contributed by atoms with Crippen LogP contribution in [0.3, 0.4) is 0 Å². The van der Waals surface area contributed by atoms with E-state index in [0.29, 0.717) is 11.4 Å². The molecule has 0 fully saturated rings. The monoisotopic (exact) mass is 282 g/mol. The van der Waals surface area contributed by atoms with Gasteiger partial charge >= 0.3 is 6.03 Å². The van der Waals surface area contributed by atoms with Crippen molar-refractivity contribution in [2.24, 2.45) is 5.10 Å². The Hall–Kier alpha value is -2.09. The summed E-state index contributed by atoms with van der Waals surface area (Å²) in [5.41, 5.74) is 4.31. The van der Waals surface area contributed by atoms with Crippen LogP contribution in [0.25, 0.3) is 0 Å². The average molecular weight is 282 g/mol. The molecule has 1 aromatic rings. The molecule has 2 rings (SSSR count). The fourth-order valence-electron chi connectivity index (χ4n) is 1.74. The van der Waals surface area contributed by atoms with Gasteiger partial charge in [-0.2, -0.15) is 5.10 Å². The summed E-state index contributed by atoms with van der Waals surface area (Å²) in [7, 11) is -3.28. The molecule has 1 heterocycles. The summed E-state index contributed by atoms with van der Waals surface area (Å²) in [5, 5.41) is 6.67. The van der Waals surface area contributed by atoms with E-state index in [9.17, 15) is 13.2 Å². The molecule has 102 valence electrons. The number of carbonyl (C=O) groups is 1. The van der Waals surface area contributed by atoms with Crippen molar-refractivity contribution in [2.75, 3.05) is 11.0 Å². The van der Waals surface area contributed by atoms with E-state index in [4.69, 9.17) is 0 Å². The highest BCUT2D eigenvalue weighted by Crippen LogP contribution is 2.13. The number of hydrogen-bond acceptors (Lipinski definition) is 4. The predicted octanol–water partition coefficient (Wildman–Crippen LogP) is 0.464. The Morgan fingerprint density at radius 2 is 1.89 bits per heavy atom. The number of urea groups is 1. The first-order valence-corrected chi connectivity index (χ1v) is 7.46. The molecular weight excluding hydrogens is 268 g/mol. The highest BCUT2D eigenvalue weighted by atomic mass is 32.2. The van der Waals surface area contributed by atoms with Crippen LogP contribution in [0, 0.1) is 0 Å². The van der Waals surface area contributed by atoms with E-state index in [1.807, 2.05) is 6.92 Å². The van der Waals surface area contributed by atoms with Crippen LogP contribution in [0.2, 0.25) is 0 Å². The molecule has 0 aliphatic carbocycles. The number of benzene rings is 1. The van der Waals surface area contributed by atoms with Crippen LogP contribution in [0.15, 0.2) is 29.4 Å². The first-order chi connectivity index (χ1) is 8.85. The molecule has 7 nitrogen and oxygen atoms in total. The van der Waals surface area contributed by atoms with E-state index in [2.05, 4.69) is 20.6 Å². The molecule has 2 amide bonds. The third-order valence-electron chi connectivity index (χ3n) is 2.52. The molecule has 1 aromatic carbocycles. The molecule has 0 aromatic heterocycles. The molecule has 1 atom stereocenters. The molecule has 0 radical (unpaired) electrons. The molecule has 8 heteroatoms. The maximum absolute atomic E-state index is 11.1. The van der Waals surface area contributed by atoms with E-state index in [0.717, 1.165) is 11.8 Å². The third-order valence-corrected chi connectivity index (χ3v) is 3.13. The van der Waals surface area contributed by atoms with Crippen LogP contribution in [0.1, 0.15) is 12.5 Å². The zero-order valence-corrected chi connectivity index (χ0v) is 11.3. The molecule has 0 bridgehead atoms. The second-order valence-electron chi connectivity index (χ2n) is 4.26. The van der Waals surface area contributed by atoms with Gasteiger partial charge in [-0.1, -0.05) is 12.1 Å². The van der Waals surface area contributed by atoms with Crippen molar-refractivity contribution in [2.45, 2.75) is 13.0 Å². The molecule has 0 saturated heterocycles. The van der Waals surface area contributed by atoms with Crippen LogP contribution in [0.4, 0.5) is 10.5 Å². The Balaban J connectivity index is 2.21. The number of nitrogens with one attached hydrogen (secondary N) is 3. The lowest BCUT2D eigenvalue weighted by molar-refractivity contribution is 0.239. The molecule has 1 aliphatic rings. The smallest absolute Gasteiger partial charge is 0.328 e. The maximum Gasteiger partial charge on any atom is 0.335 e. The summed E-state index contributed by atoms with van der Waals surface area (Å²) in [6, 6.07) is 6.21. The number of anilines is 1. The van der Waals surface area contributed by atoms with Crippen LogP contribution < -0.4 is 15.5 Å². The number of amides is 2. The van der Waals surface area contributed by atoms with Gasteiger partial charge in [0.1, 0.15) is 0 Å². The normalized spacial score (nSPS) is 19.2. The molecule has 19 heavy (non-hydrogen) atoms. The van der Waals surface area contributed by atoms with Crippen LogP contribution in [-0.2, 0) is 10.0 Å². The molecule has 0 spiro atoms. The zero-order chi connectivity index (χ0) is 14.0. The molecule has 0 saturated carbocycles. The summed E-state index contributed by atoms with van der Waals surface area (Å²) in [6.45, 7) is 1.82. The number of sulfonamides is 1. The first-order valence-electron chi connectivity index (χ1n) is 5.57. The second-order valence-corrected chi connectivity index (χ2v) is 6.00. The highest BCUT2D eigenvalue weighted by molar-refractivity contribution is 7.92. The predicted molar refractivity (Wildman–Crippen MR) is 72.6 cm³/mol. The summed E-state index contributed by atoms with van der Waals surface area (Å²) in [6.07, 6.45) is 1.09. The van der Waals surface area contributed by atoms with Crippen molar-refractivity contribution in [3.63, 3.8) is 0 Å². The fraction of sp³-hybridized carbons (Fsp3) is 0.273. The van der Waals surface area contributed by atoms with Gasteiger partial charge < -0.3 is 5.32 Å². The fourth-order valence-corrected chi connectivity index (χ4v) is 2.31. The minimum absolute atomic E-state index is 0.206. The topological polar surface area (TPSA) is 99.7 Å². The minimum atomic E-state index is -3.28. The van der Waals surface area contributed by atoms with Crippen molar-refractivity contribution in [3.05, 3.63) is 29.8 Å². The first kappa shape index (κ1) is 13.3. The van der Waals surface area contributed by atoms with Gasteiger partial charge in [-0.3, -0.25) is 4.72 Å². The van der Waals surface area contributed by atoms with Crippen LogP contribution >= 0.6 is 0 Å². The van der Waals surface area contributed by atoms with E-state index < -0.39 is 10.0 Å². The number of hydrazone groups is 1. The third kappa shape index (κ3) is 3.44. The van der Waals surface area contributed by atoms with Gasteiger partial charge in [-0.15, -0.1) is 0 Å². The summed E-state index contributed by atoms with van der Waals surface area (Å²) in [5.74, 6) is 0. The molecular formula is C11H14N4O3S. The quantitative estimate of drug-likeness (QED) is 0.751. The lowest BCUT2D eigenvalue weighted by atomic mass is 10.0. The van der Waals surface area contributed by atoms with E-state index >= 15 is 0 Å². The standard InChI is InChI=1S/C11H14N4O3S/c1-7-10(13-14-11(16)12-7)8-3-5-9(6-4-8)15-19(2,17)18/h3-7,15H,1-2H3,(H2,12,14,16). The number of nitrogens with zero attached hydrogens (tertiary/aromatic N) is 1. The zero-order valence-electron chi connectivity index (χ0n) is 10.5. The molecule has 3 N–H and O–H groups in total. The summed E-state index contributed by atoms with van der Waals surface area (Å²) >= 11 is 0. The van der Waals surface area contributed by atoms with Gasteiger partial charge in [0.05, 0.1) is 18.0 Å². The summed E-state index contributed by atoms with van der Waals surface area (Å²) in [4.78, 5) is 11.1. The second kappa shape index (κ2) is 4.88. The van der Waals surface area contributed by atoms with Crippen molar-refractivity contribution in [1.29, 1.82) is 0 Å². The Labute approximate surface area is 111 Å². The maximum atomic E-state index is 11.1. The SMILES string of the molecule is CC1NC(=O)NN=C1c1ccc(NS(C)(=O)=O)cc1. The van der Waals surface area contributed by atoms with Gasteiger partial charge in [-0.25, -0.2) is 18.6 Å². The minimum Gasteiger partial charge on any atom is -0.328 e. The number of hydrogen-bond donors (Lipinski definition) is 3. The Morgan fingerprint density at radius 3 is 2.42 bits per heavy atom. The summed E-state index contributed by atoms with van der Waals surface area (Å²) < 4.78 is 24.5. The van der Waals surface area contributed by atoms with Gasteiger partial charge in [-0.05, 0) is 19.1 Å². The van der Waals surface area contributed by atoms with Crippen molar-refractivity contribution in [3.8, 4) is 0 Å². The average Bonchev–Trinajstić information content (AvgIpc) is 2.28.